The van der Waals surface area contributed by atoms with Crippen LogP contribution in [0.2, 0.25) is 5.02 Å². The third-order valence-corrected chi connectivity index (χ3v) is 6.29. The van der Waals surface area contributed by atoms with E-state index in [1.54, 1.807) is 6.07 Å². The molecule has 158 valence electrons. The van der Waals surface area contributed by atoms with E-state index < -0.39 is 0 Å². The molecule has 0 N–H and O–H groups in total. The molecule has 0 amide bonds. The number of fused-ring (bicyclic) bond motifs is 1. The monoisotopic (exact) mass is 459 g/mol. The summed E-state index contributed by atoms with van der Waals surface area (Å²) < 4.78 is 7.75. The van der Waals surface area contributed by atoms with E-state index in [0.29, 0.717) is 32.5 Å². The summed E-state index contributed by atoms with van der Waals surface area (Å²) in [6.45, 7) is 2.57. The lowest BCUT2D eigenvalue weighted by atomic mass is 10.2. The third-order valence-electron chi connectivity index (χ3n) is 5.00. The first kappa shape index (κ1) is 20.4. The zero-order chi connectivity index (χ0) is 22.1. The topological polar surface area (TPSA) is 56.5 Å². The number of thiazole rings is 1. The number of benzene rings is 3. The van der Waals surface area contributed by atoms with Gasteiger partial charge in [-0.05, 0) is 48.4 Å². The number of aryl methyl sites for hydroxylation is 1. The molecule has 0 spiro atoms. The first-order valence-corrected chi connectivity index (χ1v) is 11.2. The van der Waals surface area contributed by atoms with Crippen LogP contribution in [0.15, 0.2) is 77.6 Å². The number of rotatable bonds is 5. The fourth-order valence-electron chi connectivity index (χ4n) is 3.25. The van der Waals surface area contributed by atoms with Gasteiger partial charge in [-0.3, -0.25) is 4.79 Å². The van der Waals surface area contributed by atoms with Crippen LogP contribution in [0.1, 0.15) is 16.7 Å². The molecule has 0 aliphatic carbocycles. The average Bonchev–Trinajstić information content (AvgIpc) is 3.34. The van der Waals surface area contributed by atoms with Crippen LogP contribution in [0.3, 0.4) is 0 Å². The molecule has 0 saturated carbocycles. The second-order valence-corrected chi connectivity index (χ2v) is 8.79. The van der Waals surface area contributed by atoms with Crippen molar-refractivity contribution in [1.82, 2.24) is 14.6 Å². The molecule has 0 saturated heterocycles. The van der Waals surface area contributed by atoms with Gasteiger partial charge in [-0.2, -0.15) is 9.50 Å². The van der Waals surface area contributed by atoms with Crippen LogP contribution in [-0.2, 0) is 6.61 Å². The molecule has 5 nitrogen and oxygen atoms in total. The standard InChI is InChI=1S/C25H18ClN3O2S/c1-16-6-8-18(9-7-16)15-31-19-12-10-17(11-13-19)14-22-24(30)29-25(32-22)27-23(28-29)20-4-2-3-5-21(20)26/h2-14H,15H2,1H3/b22-14-. The fourth-order valence-corrected chi connectivity index (χ4v) is 4.38. The molecule has 7 heteroatoms. The van der Waals surface area contributed by atoms with Gasteiger partial charge in [-0.25, -0.2) is 0 Å². The maximum Gasteiger partial charge on any atom is 0.291 e. The van der Waals surface area contributed by atoms with Gasteiger partial charge in [0.05, 0.1) is 9.55 Å². The minimum absolute atomic E-state index is 0.199. The summed E-state index contributed by atoms with van der Waals surface area (Å²) in [6.07, 6.45) is 1.84. The second-order valence-electron chi connectivity index (χ2n) is 7.37. The minimum atomic E-state index is -0.199. The quantitative estimate of drug-likeness (QED) is 0.375. The molecule has 32 heavy (non-hydrogen) atoms. The van der Waals surface area contributed by atoms with Crippen LogP contribution in [0.4, 0.5) is 0 Å². The van der Waals surface area contributed by atoms with Crippen LogP contribution in [0.5, 0.6) is 5.75 Å². The van der Waals surface area contributed by atoms with E-state index in [1.165, 1.54) is 21.4 Å². The molecule has 0 aliphatic rings. The first-order chi connectivity index (χ1) is 15.6. The summed E-state index contributed by atoms with van der Waals surface area (Å²) in [7, 11) is 0. The number of aromatic nitrogens is 3. The van der Waals surface area contributed by atoms with E-state index in [-0.39, 0.29) is 5.56 Å². The van der Waals surface area contributed by atoms with Crippen LogP contribution in [0, 0.1) is 6.92 Å². The van der Waals surface area contributed by atoms with Gasteiger partial charge in [0, 0.05) is 5.56 Å². The second kappa shape index (κ2) is 8.57. The summed E-state index contributed by atoms with van der Waals surface area (Å²) >= 11 is 7.53. The minimum Gasteiger partial charge on any atom is -0.489 e. The highest BCUT2D eigenvalue weighted by Gasteiger charge is 2.13. The summed E-state index contributed by atoms with van der Waals surface area (Å²) in [5.41, 5.74) is 3.75. The number of hydrogen-bond donors (Lipinski definition) is 0. The van der Waals surface area contributed by atoms with Gasteiger partial charge in [0.15, 0.2) is 5.82 Å². The molecule has 5 aromatic rings. The zero-order valence-electron chi connectivity index (χ0n) is 17.2. The Morgan fingerprint density at radius 1 is 1.03 bits per heavy atom. The third kappa shape index (κ3) is 4.15. The summed E-state index contributed by atoms with van der Waals surface area (Å²) in [5.74, 6) is 1.22. The molecule has 5 rings (SSSR count). The van der Waals surface area contributed by atoms with Crippen molar-refractivity contribution in [3.63, 3.8) is 0 Å². The van der Waals surface area contributed by atoms with Crippen molar-refractivity contribution in [2.75, 3.05) is 0 Å². The Balaban J connectivity index is 1.36. The van der Waals surface area contributed by atoms with Gasteiger partial charge in [0.2, 0.25) is 4.96 Å². The number of halogens is 1. The Morgan fingerprint density at radius 2 is 1.78 bits per heavy atom. The fraction of sp³-hybridized carbons (Fsp3) is 0.0800. The van der Waals surface area contributed by atoms with Crippen molar-refractivity contribution in [1.29, 1.82) is 0 Å². The van der Waals surface area contributed by atoms with Crippen LogP contribution in [-0.4, -0.2) is 14.6 Å². The molecular formula is C25H18ClN3O2S. The van der Waals surface area contributed by atoms with Crippen molar-refractivity contribution >= 4 is 34.0 Å². The lowest BCUT2D eigenvalue weighted by Gasteiger charge is -2.06. The largest absolute Gasteiger partial charge is 0.489 e. The average molecular weight is 460 g/mol. The van der Waals surface area contributed by atoms with Gasteiger partial charge < -0.3 is 4.74 Å². The van der Waals surface area contributed by atoms with Gasteiger partial charge in [-0.1, -0.05) is 77.0 Å². The zero-order valence-corrected chi connectivity index (χ0v) is 18.7. The number of nitrogens with zero attached hydrogens (tertiary/aromatic N) is 3. The maximum atomic E-state index is 12.8. The van der Waals surface area contributed by atoms with E-state index in [2.05, 4.69) is 41.3 Å². The summed E-state index contributed by atoms with van der Waals surface area (Å²) in [5, 5.41) is 4.91. The summed E-state index contributed by atoms with van der Waals surface area (Å²) in [4.78, 5) is 17.8. The predicted octanol–water partition coefficient (Wildman–Crippen LogP) is 4.91. The van der Waals surface area contributed by atoms with E-state index in [0.717, 1.165) is 16.9 Å². The Labute approximate surface area is 193 Å². The van der Waals surface area contributed by atoms with Crippen molar-refractivity contribution in [2.24, 2.45) is 0 Å². The van der Waals surface area contributed by atoms with Gasteiger partial charge in [-0.15, -0.1) is 5.10 Å². The Morgan fingerprint density at radius 3 is 2.50 bits per heavy atom. The van der Waals surface area contributed by atoms with Gasteiger partial charge >= 0.3 is 0 Å². The van der Waals surface area contributed by atoms with Gasteiger partial charge in [0.1, 0.15) is 12.4 Å². The molecular weight excluding hydrogens is 442 g/mol. The lowest BCUT2D eigenvalue weighted by Crippen LogP contribution is -2.23. The number of ether oxygens (including phenoxy) is 1. The first-order valence-electron chi connectivity index (χ1n) is 10.0. The van der Waals surface area contributed by atoms with E-state index in [9.17, 15) is 4.79 Å². The van der Waals surface area contributed by atoms with Crippen molar-refractivity contribution in [3.05, 3.63) is 109 Å². The van der Waals surface area contributed by atoms with Crippen LogP contribution >= 0.6 is 22.9 Å². The molecule has 3 aromatic carbocycles. The summed E-state index contributed by atoms with van der Waals surface area (Å²) in [6, 6.07) is 23.2. The highest BCUT2D eigenvalue weighted by molar-refractivity contribution is 7.15. The molecule has 2 aromatic heterocycles. The van der Waals surface area contributed by atoms with E-state index >= 15 is 0 Å². The molecule has 0 atom stereocenters. The SMILES string of the molecule is Cc1ccc(COc2ccc(/C=c3\sc4nc(-c5ccccc5Cl)nn4c3=O)cc2)cc1. The predicted molar refractivity (Wildman–Crippen MR) is 128 cm³/mol. The van der Waals surface area contributed by atoms with Crippen LogP contribution in [0.25, 0.3) is 22.4 Å². The lowest BCUT2D eigenvalue weighted by molar-refractivity contribution is 0.306. The molecule has 2 heterocycles. The Bertz CT molecular complexity index is 1510. The molecule has 0 fully saturated rings. The Hall–Kier alpha value is -3.48. The van der Waals surface area contributed by atoms with Crippen molar-refractivity contribution in [3.8, 4) is 17.1 Å². The van der Waals surface area contributed by atoms with Crippen LogP contribution < -0.4 is 14.8 Å². The van der Waals surface area contributed by atoms with Crippen molar-refractivity contribution < 1.29 is 4.74 Å². The number of hydrogen-bond acceptors (Lipinski definition) is 5. The maximum absolute atomic E-state index is 12.8. The van der Waals surface area contributed by atoms with E-state index in [4.69, 9.17) is 16.3 Å². The smallest absolute Gasteiger partial charge is 0.291 e. The highest BCUT2D eigenvalue weighted by Crippen LogP contribution is 2.25. The molecule has 0 radical (unpaired) electrons. The highest BCUT2D eigenvalue weighted by atomic mass is 35.5. The van der Waals surface area contributed by atoms with Gasteiger partial charge in [0.25, 0.3) is 5.56 Å². The normalized spacial score (nSPS) is 11.9. The molecule has 0 bridgehead atoms. The van der Waals surface area contributed by atoms with Crippen molar-refractivity contribution in [2.45, 2.75) is 13.5 Å². The molecule has 0 unspecified atom stereocenters. The Kier molecular flexibility index (Phi) is 5.47. The molecule has 0 aliphatic heterocycles. The van der Waals surface area contributed by atoms with E-state index in [1.807, 2.05) is 48.5 Å².